The monoisotopic (exact) mass is 249 g/mol. The van der Waals surface area contributed by atoms with Crippen molar-refractivity contribution in [1.82, 2.24) is 5.32 Å². The molecule has 1 atom stereocenters. The van der Waals surface area contributed by atoms with Crippen molar-refractivity contribution in [3.63, 3.8) is 0 Å². The van der Waals surface area contributed by atoms with Gasteiger partial charge in [0.25, 0.3) is 0 Å². The molecule has 0 spiro atoms. The fraction of sp³-hybridized carbons (Fsp3) is 0.600. The Balaban J connectivity index is 2.04. The molecule has 100 valence electrons. The van der Waals surface area contributed by atoms with Crippen LogP contribution < -0.4 is 14.8 Å². The summed E-state index contributed by atoms with van der Waals surface area (Å²) in [6.45, 7) is 11.0. The minimum Gasteiger partial charge on any atom is -0.486 e. The Morgan fingerprint density at radius 2 is 1.83 bits per heavy atom. The molecule has 2 rings (SSSR count). The Kier molecular flexibility index (Phi) is 3.81. The van der Waals surface area contributed by atoms with Gasteiger partial charge in [0.05, 0.1) is 0 Å². The molecule has 3 heteroatoms. The lowest BCUT2D eigenvalue weighted by Gasteiger charge is -2.25. The van der Waals surface area contributed by atoms with Crippen LogP contribution in [0.15, 0.2) is 18.2 Å². The standard InChI is InChI=1S/C15H23NO2/c1-11(10-16-15(2,3)4)12-5-6-13-14(9-12)18-8-7-17-13/h5-6,9,11,16H,7-8,10H2,1-4H3. The number of rotatable bonds is 3. The van der Waals surface area contributed by atoms with Crippen LogP contribution >= 0.6 is 0 Å². The zero-order valence-corrected chi connectivity index (χ0v) is 11.7. The van der Waals surface area contributed by atoms with Crippen molar-refractivity contribution in [1.29, 1.82) is 0 Å². The van der Waals surface area contributed by atoms with Gasteiger partial charge in [0.2, 0.25) is 0 Å². The second-order valence-corrected chi connectivity index (χ2v) is 5.94. The lowest BCUT2D eigenvalue weighted by Crippen LogP contribution is -2.38. The Labute approximate surface area is 109 Å². The van der Waals surface area contributed by atoms with Crippen LogP contribution in [-0.4, -0.2) is 25.3 Å². The summed E-state index contributed by atoms with van der Waals surface area (Å²) in [6, 6.07) is 6.24. The first kappa shape index (κ1) is 13.2. The van der Waals surface area contributed by atoms with Crippen molar-refractivity contribution < 1.29 is 9.47 Å². The zero-order valence-electron chi connectivity index (χ0n) is 11.7. The summed E-state index contributed by atoms with van der Waals surface area (Å²) in [7, 11) is 0. The molecule has 1 aromatic carbocycles. The first-order valence-corrected chi connectivity index (χ1v) is 6.60. The van der Waals surface area contributed by atoms with E-state index in [2.05, 4.69) is 45.1 Å². The van der Waals surface area contributed by atoms with Crippen molar-refractivity contribution in [3.05, 3.63) is 23.8 Å². The molecule has 1 aliphatic heterocycles. The average molecular weight is 249 g/mol. The Hall–Kier alpha value is -1.22. The van der Waals surface area contributed by atoms with Gasteiger partial charge in [-0.25, -0.2) is 0 Å². The quantitative estimate of drug-likeness (QED) is 0.893. The van der Waals surface area contributed by atoms with E-state index in [4.69, 9.17) is 9.47 Å². The molecule has 0 fully saturated rings. The molecular formula is C15H23NO2. The van der Waals surface area contributed by atoms with Crippen molar-refractivity contribution in [2.45, 2.75) is 39.2 Å². The van der Waals surface area contributed by atoms with Crippen molar-refractivity contribution >= 4 is 0 Å². The highest BCUT2D eigenvalue weighted by Crippen LogP contribution is 2.32. The van der Waals surface area contributed by atoms with E-state index in [1.807, 2.05) is 6.07 Å². The van der Waals surface area contributed by atoms with Gasteiger partial charge in [-0.2, -0.15) is 0 Å². The maximum absolute atomic E-state index is 5.61. The molecule has 0 aromatic heterocycles. The molecule has 18 heavy (non-hydrogen) atoms. The van der Waals surface area contributed by atoms with Crippen LogP contribution in [0.1, 0.15) is 39.2 Å². The second kappa shape index (κ2) is 5.19. The summed E-state index contributed by atoms with van der Waals surface area (Å²) in [4.78, 5) is 0. The zero-order chi connectivity index (χ0) is 13.2. The summed E-state index contributed by atoms with van der Waals surface area (Å²) >= 11 is 0. The minimum absolute atomic E-state index is 0.155. The highest BCUT2D eigenvalue weighted by atomic mass is 16.6. The van der Waals surface area contributed by atoms with E-state index in [9.17, 15) is 0 Å². The van der Waals surface area contributed by atoms with Gasteiger partial charge in [-0.3, -0.25) is 0 Å². The number of benzene rings is 1. The summed E-state index contributed by atoms with van der Waals surface area (Å²) in [5.74, 6) is 2.20. The van der Waals surface area contributed by atoms with Crippen LogP contribution in [-0.2, 0) is 0 Å². The molecule has 1 aromatic rings. The lowest BCUT2D eigenvalue weighted by molar-refractivity contribution is 0.171. The lowest BCUT2D eigenvalue weighted by atomic mass is 9.99. The number of ether oxygens (including phenoxy) is 2. The summed E-state index contributed by atoms with van der Waals surface area (Å²) < 4.78 is 11.1. The molecule has 3 nitrogen and oxygen atoms in total. The van der Waals surface area contributed by atoms with Gasteiger partial charge in [-0.05, 0) is 44.4 Å². The third kappa shape index (κ3) is 3.39. The van der Waals surface area contributed by atoms with E-state index >= 15 is 0 Å². The van der Waals surface area contributed by atoms with E-state index in [1.54, 1.807) is 0 Å². The maximum atomic E-state index is 5.61. The predicted octanol–water partition coefficient (Wildman–Crippen LogP) is 2.95. The van der Waals surface area contributed by atoms with Gasteiger partial charge < -0.3 is 14.8 Å². The molecule has 0 bridgehead atoms. The molecule has 1 N–H and O–H groups in total. The van der Waals surface area contributed by atoms with Gasteiger partial charge >= 0.3 is 0 Å². The first-order chi connectivity index (χ1) is 8.46. The molecule has 1 aliphatic rings. The Morgan fingerprint density at radius 3 is 2.50 bits per heavy atom. The highest BCUT2D eigenvalue weighted by Gasteiger charge is 2.16. The van der Waals surface area contributed by atoms with Gasteiger partial charge in [0, 0.05) is 12.1 Å². The molecule has 0 saturated heterocycles. The van der Waals surface area contributed by atoms with Gasteiger partial charge in [0.1, 0.15) is 13.2 Å². The molecule has 1 heterocycles. The largest absolute Gasteiger partial charge is 0.486 e. The molecule has 0 radical (unpaired) electrons. The Bertz CT molecular complexity index is 409. The normalized spacial score (nSPS) is 16.4. The van der Waals surface area contributed by atoms with Crippen molar-refractivity contribution in [2.24, 2.45) is 0 Å². The third-order valence-corrected chi connectivity index (χ3v) is 3.07. The molecule has 0 saturated carbocycles. The fourth-order valence-electron chi connectivity index (χ4n) is 1.94. The second-order valence-electron chi connectivity index (χ2n) is 5.94. The van der Waals surface area contributed by atoms with Crippen LogP contribution in [0.25, 0.3) is 0 Å². The summed E-state index contributed by atoms with van der Waals surface area (Å²) in [5, 5.41) is 3.53. The van der Waals surface area contributed by atoms with E-state index in [1.165, 1.54) is 5.56 Å². The SMILES string of the molecule is CC(CNC(C)(C)C)c1ccc2c(c1)OCCO2. The first-order valence-electron chi connectivity index (χ1n) is 6.60. The van der Waals surface area contributed by atoms with E-state index in [0.717, 1.165) is 18.0 Å². The third-order valence-electron chi connectivity index (χ3n) is 3.07. The van der Waals surface area contributed by atoms with E-state index in [-0.39, 0.29) is 5.54 Å². The predicted molar refractivity (Wildman–Crippen MR) is 73.6 cm³/mol. The number of hydrogen-bond acceptors (Lipinski definition) is 3. The van der Waals surface area contributed by atoms with E-state index < -0.39 is 0 Å². The topological polar surface area (TPSA) is 30.5 Å². The van der Waals surface area contributed by atoms with Crippen LogP contribution in [0.5, 0.6) is 11.5 Å². The number of fused-ring (bicyclic) bond motifs is 1. The summed E-state index contributed by atoms with van der Waals surface area (Å²) in [6.07, 6.45) is 0. The van der Waals surface area contributed by atoms with Crippen LogP contribution in [0, 0.1) is 0 Å². The molecule has 0 aliphatic carbocycles. The van der Waals surface area contributed by atoms with Crippen LogP contribution in [0.2, 0.25) is 0 Å². The number of hydrogen-bond donors (Lipinski definition) is 1. The van der Waals surface area contributed by atoms with Gasteiger partial charge in [-0.15, -0.1) is 0 Å². The molecule has 0 amide bonds. The smallest absolute Gasteiger partial charge is 0.161 e. The average Bonchev–Trinajstić information content (AvgIpc) is 2.34. The van der Waals surface area contributed by atoms with E-state index in [0.29, 0.717) is 19.1 Å². The number of nitrogens with one attached hydrogen (secondary N) is 1. The summed E-state index contributed by atoms with van der Waals surface area (Å²) in [5.41, 5.74) is 1.44. The fourth-order valence-corrected chi connectivity index (χ4v) is 1.94. The van der Waals surface area contributed by atoms with Crippen molar-refractivity contribution in [3.8, 4) is 11.5 Å². The van der Waals surface area contributed by atoms with Gasteiger partial charge in [-0.1, -0.05) is 13.0 Å². The van der Waals surface area contributed by atoms with Crippen molar-refractivity contribution in [2.75, 3.05) is 19.8 Å². The van der Waals surface area contributed by atoms with Crippen LogP contribution in [0.4, 0.5) is 0 Å². The van der Waals surface area contributed by atoms with Gasteiger partial charge in [0.15, 0.2) is 11.5 Å². The molecular weight excluding hydrogens is 226 g/mol. The molecule has 1 unspecified atom stereocenters. The van der Waals surface area contributed by atoms with Crippen LogP contribution in [0.3, 0.4) is 0 Å². The minimum atomic E-state index is 0.155. The highest BCUT2D eigenvalue weighted by molar-refractivity contribution is 5.44. The maximum Gasteiger partial charge on any atom is 0.161 e. The Morgan fingerprint density at radius 1 is 1.17 bits per heavy atom.